The molecule has 0 atom stereocenters. The summed E-state index contributed by atoms with van der Waals surface area (Å²) in [7, 11) is 0.0584. The Kier molecular flexibility index (Phi) is 8.93. The first-order valence-corrected chi connectivity index (χ1v) is 14.0. The summed E-state index contributed by atoms with van der Waals surface area (Å²) in [5.41, 5.74) is 2.54. The standard InChI is InChI=1S/C29H35N2O4PS/c1-18(2)29(36-34,19(3)4)22-13-10-20(11-14-22)26(32)30-24-17-21(25-9-8-16-37-25)12-15-23(24)31-27(33)35-28(5,6)7/h8-19H,1-7H3,(H,30,32)(H,31,33). The zero-order valence-corrected chi connectivity index (χ0v) is 24.1. The molecule has 2 amide bonds. The largest absolute Gasteiger partial charge is 0.444 e. The van der Waals surface area contributed by atoms with Crippen LogP contribution in [0.3, 0.4) is 0 Å². The lowest BCUT2D eigenvalue weighted by Crippen LogP contribution is -2.32. The predicted octanol–water partition coefficient (Wildman–Crippen LogP) is 8.81. The van der Waals surface area contributed by atoms with E-state index in [0.29, 0.717) is 16.9 Å². The summed E-state index contributed by atoms with van der Waals surface area (Å²) in [6.45, 7) is 13.6. The second kappa shape index (κ2) is 11.6. The van der Waals surface area contributed by atoms with Crippen LogP contribution in [-0.2, 0) is 14.5 Å². The lowest BCUT2D eigenvalue weighted by atomic mass is 9.78. The fourth-order valence-corrected chi connectivity index (χ4v) is 5.85. The lowest BCUT2D eigenvalue weighted by Gasteiger charge is -2.35. The molecule has 3 aromatic rings. The topological polar surface area (TPSA) is 84.5 Å². The Morgan fingerprint density at radius 3 is 2.05 bits per heavy atom. The van der Waals surface area contributed by atoms with Crippen LogP contribution >= 0.6 is 19.8 Å². The van der Waals surface area contributed by atoms with E-state index in [1.807, 2.05) is 41.8 Å². The number of nitrogens with one attached hydrogen (secondary N) is 2. The minimum absolute atomic E-state index is 0.0584. The van der Waals surface area contributed by atoms with Crippen LogP contribution in [0.15, 0.2) is 60.0 Å². The van der Waals surface area contributed by atoms with E-state index in [2.05, 4.69) is 38.3 Å². The third kappa shape index (κ3) is 6.65. The van der Waals surface area contributed by atoms with E-state index >= 15 is 0 Å². The van der Waals surface area contributed by atoms with Gasteiger partial charge in [-0.2, -0.15) is 0 Å². The monoisotopic (exact) mass is 538 g/mol. The van der Waals surface area contributed by atoms with Crippen LogP contribution in [0.25, 0.3) is 10.4 Å². The Balaban J connectivity index is 1.91. The van der Waals surface area contributed by atoms with Crippen LogP contribution < -0.4 is 10.6 Å². The van der Waals surface area contributed by atoms with Gasteiger partial charge in [0.1, 0.15) is 5.60 Å². The van der Waals surface area contributed by atoms with Gasteiger partial charge in [0.2, 0.25) is 0 Å². The van der Waals surface area contributed by atoms with Crippen molar-refractivity contribution in [3.05, 3.63) is 71.1 Å². The number of amides is 2. The highest BCUT2D eigenvalue weighted by Crippen LogP contribution is 2.48. The zero-order chi connectivity index (χ0) is 27.4. The maximum absolute atomic E-state index is 13.3. The molecule has 0 spiro atoms. The molecule has 2 N–H and O–H groups in total. The number of ether oxygens (including phenoxy) is 1. The third-order valence-corrected chi connectivity index (χ3v) is 8.74. The van der Waals surface area contributed by atoms with Crippen molar-refractivity contribution in [1.82, 2.24) is 0 Å². The maximum Gasteiger partial charge on any atom is 0.412 e. The molecule has 0 saturated carbocycles. The third-order valence-electron chi connectivity index (χ3n) is 6.23. The first-order chi connectivity index (χ1) is 17.4. The van der Waals surface area contributed by atoms with Crippen LogP contribution in [0, 0.1) is 11.8 Å². The van der Waals surface area contributed by atoms with Gasteiger partial charge in [-0.05, 0) is 79.4 Å². The molecular weight excluding hydrogens is 503 g/mol. The summed E-state index contributed by atoms with van der Waals surface area (Å²) in [6.07, 6.45) is -0.605. The number of rotatable bonds is 8. The number of hydrogen-bond donors (Lipinski definition) is 2. The maximum atomic E-state index is 13.3. The fourth-order valence-electron chi connectivity index (χ4n) is 4.45. The molecule has 0 fully saturated rings. The van der Waals surface area contributed by atoms with Crippen molar-refractivity contribution in [2.24, 2.45) is 11.8 Å². The summed E-state index contributed by atoms with van der Waals surface area (Å²) in [5.74, 6) is -0.0258. The van der Waals surface area contributed by atoms with Gasteiger partial charge in [0.15, 0.2) is 8.46 Å². The summed E-state index contributed by atoms with van der Waals surface area (Å²) < 4.78 is 17.7. The van der Waals surface area contributed by atoms with Gasteiger partial charge in [-0.1, -0.05) is 52.0 Å². The molecule has 8 heteroatoms. The molecule has 0 bridgehead atoms. The first kappa shape index (κ1) is 28.5. The van der Waals surface area contributed by atoms with Gasteiger partial charge < -0.3 is 10.1 Å². The molecule has 1 aromatic heterocycles. The van der Waals surface area contributed by atoms with Crippen molar-refractivity contribution in [2.45, 2.75) is 59.2 Å². The minimum atomic E-state index is -0.656. The van der Waals surface area contributed by atoms with Gasteiger partial charge in [0.25, 0.3) is 5.91 Å². The van der Waals surface area contributed by atoms with Crippen LogP contribution in [0.1, 0.15) is 64.4 Å². The molecule has 196 valence electrons. The Morgan fingerprint density at radius 2 is 1.54 bits per heavy atom. The van der Waals surface area contributed by atoms with Gasteiger partial charge in [-0.25, -0.2) is 4.79 Å². The average Bonchev–Trinajstić information content (AvgIpc) is 3.35. The normalized spacial score (nSPS) is 12.1. The average molecular weight is 539 g/mol. The van der Waals surface area contributed by atoms with Crippen LogP contribution in [0.5, 0.6) is 0 Å². The summed E-state index contributed by atoms with van der Waals surface area (Å²) in [6, 6.07) is 16.7. The van der Waals surface area contributed by atoms with Crippen LogP contribution in [0.4, 0.5) is 16.2 Å². The van der Waals surface area contributed by atoms with E-state index in [-0.39, 0.29) is 26.2 Å². The molecule has 3 rings (SSSR count). The van der Waals surface area contributed by atoms with Gasteiger partial charge in [0, 0.05) is 10.4 Å². The lowest BCUT2D eigenvalue weighted by molar-refractivity contribution is 0.0635. The van der Waals surface area contributed by atoms with E-state index in [1.165, 1.54) is 0 Å². The van der Waals surface area contributed by atoms with Crippen molar-refractivity contribution in [3.8, 4) is 10.4 Å². The van der Waals surface area contributed by atoms with Gasteiger partial charge in [-0.15, -0.1) is 11.3 Å². The zero-order valence-electron chi connectivity index (χ0n) is 22.4. The molecule has 6 nitrogen and oxygen atoms in total. The SMILES string of the molecule is CC(C)C(P=O)(c1ccc(C(=O)Nc2cc(-c3cccs3)ccc2NC(=O)OC(C)(C)C)cc1)C(C)C. The van der Waals surface area contributed by atoms with Crippen molar-refractivity contribution in [3.63, 3.8) is 0 Å². The molecule has 0 aliphatic rings. The molecule has 0 aliphatic heterocycles. The number of thiophene rings is 1. The Bertz CT molecular complexity index is 1240. The van der Waals surface area contributed by atoms with Crippen molar-refractivity contribution >= 4 is 43.2 Å². The van der Waals surface area contributed by atoms with Gasteiger partial charge >= 0.3 is 6.09 Å². The number of benzene rings is 2. The Hall–Kier alpha value is -3.02. The van der Waals surface area contributed by atoms with Crippen molar-refractivity contribution < 1.29 is 18.9 Å². The van der Waals surface area contributed by atoms with E-state index in [0.717, 1.165) is 16.0 Å². The van der Waals surface area contributed by atoms with Crippen LogP contribution in [-0.4, -0.2) is 17.6 Å². The second-order valence-electron chi connectivity index (χ2n) is 10.6. The number of hydrogen-bond acceptors (Lipinski definition) is 5. The number of carbonyl (C=O) groups excluding carboxylic acids is 2. The van der Waals surface area contributed by atoms with Crippen molar-refractivity contribution in [1.29, 1.82) is 0 Å². The van der Waals surface area contributed by atoms with E-state index in [4.69, 9.17) is 4.74 Å². The molecule has 1 heterocycles. The molecule has 0 saturated heterocycles. The number of carbonyl (C=O) groups is 2. The number of anilines is 2. The van der Waals surface area contributed by atoms with Crippen LogP contribution in [0.2, 0.25) is 0 Å². The highest BCUT2D eigenvalue weighted by atomic mass is 32.1. The Morgan fingerprint density at radius 1 is 0.892 bits per heavy atom. The molecule has 0 aliphatic carbocycles. The van der Waals surface area contributed by atoms with Gasteiger partial charge in [0.05, 0.1) is 16.5 Å². The molecular formula is C29H35N2O4PS. The summed E-state index contributed by atoms with van der Waals surface area (Å²) >= 11 is 1.59. The quantitative estimate of drug-likeness (QED) is 0.281. The Labute approximate surface area is 225 Å². The first-order valence-electron chi connectivity index (χ1n) is 12.3. The fraction of sp³-hybridized carbons (Fsp3) is 0.379. The summed E-state index contributed by atoms with van der Waals surface area (Å²) in [4.78, 5) is 26.8. The molecule has 2 aromatic carbocycles. The second-order valence-corrected chi connectivity index (χ2v) is 12.5. The van der Waals surface area contributed by atoms with Crippen molar-refractivity contribution in [2.75, 3.05) is 10.6 Å². The minimum Gasteiger partial charge on any atom is -0.444 e. The molecule has 0 unspecified atom stereocenters. The smallest absolute Gasteiger partial charge is 0.412 e. The van der Waals surface area contributed by atoms with E-state index < -0.39 is 16.9 Å². The van der Waals surface area contributed by atoms with Gasteiger partial charge in [-0.3, -0.25) is 14.7 Å². The summed E-state index contributed by atoms with van der Waals surface area (Å²) in [5, 5.41) is 7.15. The molecule has 37 heavy (non-hydrogen) atoms. The van der Waals surface area contributed by atoms with E-state index in [1.54, 1.807) is 50.3 Å². The molecule has 0 radical (unpaired) electrons. The van der Waals surface area contributed by atoms with E-state index in [9.17, 15) is 14.2 Å². The highest BCUT2D eigenvalue weighted by molar-refractivity contribution is 7.25. The highest BCUT2D eigenvalue weighted by Gasteiger charge is 2.40. The predicted molar refractivity (Wildman–Crippen MR) is 153 cm³/mol.